The first-order chi connectivity index (χ1) is 8.94. The molecule has 0 aromatic carbocycles. The van der Waals surface area contributed by atoms with Crippen LogP contribution in [-0.2, 0) is 0 Å². The molecule has 2 rings (SSSR count). The highest BCUT2D eigenvalue weighted by Gasteiger charge is 2.24. The monoisotopic (exact) mass is 261 g/mol. The van der Waals surface area contributed by atoms with E-state index < -0.39 is 0 Å². The van der Waals surface area contributed by atoms with Gasteiger partial charge in [0.2, 0.25) is 17.8 Å². The maximum absolute atomic E-state index is 5.77. The van der Waals surface area contributed by atoms with E-state index in [2.05, 4.69) is 40.7 Å². The Bertz CT molecular complexity index is 547. The van der Waals surface area contributed by atoms with Gasteiger partial charge in [0, 0.05) is 25.0 Å². The van der Waals surface area contributed by atoms with Crippen LogP contribution in [0.25, 0.3) is 5.95 Å². The summed E-state index contributed by atoms with van der Waals surface area (Å²) < 4.78 is 1.70. The Morgan fingerprint density at radius 2 is 2.05 bits per heavy atom. The fourth-order valence-electron chi connectivity index (χ4n) is 1.52. The van der Waals surface area contributed by atoms with Crippen molar-refractivity contribution in [3.63, 3.8) is 0 Å². The second-order valence-corrected chi connectivity index (χ2v) is 4.99. The lowest BCUT2D eigenvalue weighted by Gasteiger charge is -2.34. The number of nitrogens with zero attached hydrogens (tertiary/aromatic N) is 6. The minimum Gasteiger partial charge on any atom is -0.368 e. The summed E-state index contributed by atoms with van der Waals surface area (Å²) in [4.78, 5) is 18.7. The minimum absolute atomic E-state index is 0.0556. The molecule has 2 aromatic rings. The third kappa shape index (κ3) is 2.64. The Balaban J connectivity index is 2.43. The first-order valence-corrected chi connectivity index (χ1v) is 6.18. The Kier molecular flexibility index (Phi) is 3.37. The predicted octanol–water partition coefficient (Wildman–Crippen LogP) is 1.26. The van der Waals surface area contributed by atoms with Crippen LogP contribution in [0.1, 0.15) is 27.2 Å². The first-order valence-electron chi connectivity index (χ1n) is 6.18. The summed E-state index contributed by atoms with van der Waals surface area (Å²) >= 11 is 0. The van der Waals surface area contributed by atoms with Gasteiger partial charge in [-0.3, -0.25) is 4.57 Å². The Morgan fingerprint density at radius 1 is 1.32 bits per heavy atom. The van der Waals surface area contributed by atoms with E-state index >= 15 is 0 Å². The highest BCUT2D eigenvalue weighted by Crippen LogP contribution is 2.22. The SMILES string of the molecule is CCC(C)(C)N(C)c1nc(N)nc(-n2ccnc2)n1. The van der Waals surface area contributed by atoms with Crippen molar-refractivity contribution in [2.75, 3.05) is 17.7 Å². The maximum atomic E-state index is 5.77. The lowest BCUT2D eigenvalue weighted by Crippen LogP contribution is -2.41. The van der Waals surface area contributed by atoms with Crippen LogP contribution in [0, 0.1) is 0 Å². The summed E-state index contributed by atoms with van der Waals surface area (Å²) in [6.45, 7) is 6.38. The second kappa shape index (κ2) is 4.83. The van der Waals surface area contributed by atoms with Gasteiger partial charge < -0.3 is 10.6 Å². The molecular weight excluding hydrogens is 242 g/mol. The summed E-state index contributed by atoms with van der Waals surface area (Å²) in [6, 6.07) is 0. The molecule has 0 amide bonds. The van der Waals surface area contributed by atoms with Gasteiger partial charge in [0.1, 0.15) is 6.33 Å². The van der Waals surface area contributed by atoms with Crippen molar-refractivity contribution in [3.8, 4) is 5.95 Å². The van der Waals surface area contributed by atoms with Crippen LogP contribution < -0.4 is 10.6 Å². The summed E-state index contributed by atoms with van der Waals surface area (Å²) in [5, 5.41) is 0. The van der Waals surface area contributed by atoms with E-state index in [-0.39, 0.29) is 11.5 Å². The zero-order valence-corrected chi connectivity index (χ0v) is 11.7. The Hall–Kier alpha value is -2.18. The van der Waals surface area contributed by atoms with Gasteiger partial charge in [-0.2, -0.15) is 15.0 Å². The number of aromatic nitrogens is 5. The summed E-state index contributed by atoms with van der Waals surface area (Å²) in [5.74, 6) is 1.23. The van der Waals surface area contributed by atoms with Gasteiger partial charge in [0.25, 0.3) is 0 Å². The summed E-state index contributed by atoms with van der Waals surface area (Å²) in [5.41, 5.74) is 5.71. The molecule has 7 heteroatoms. The van der Waals surface area contributed by atoms with E-state index in [0.717, 1.165) is 6.42 Å². The van der Waals surface area contributed by atoms with Crippen molar-refractivity contribution >= 4 is 11.9 Å². The van der Waals surface area contributed by atoms with E-state index in [0.29, 0.717) is 11.9 Å². The maximum Gasteiger partial charge on any atom is 0.241 e. The van der Waals surface area contributed by atoms with Crippen molar-refractivity contribution in [1.29, 1.82) is 0 Å². The lowest BCUT2D eigenvalue weighted by molar-refractivity contribution is 0.462. The van der Waals surface area contributed by atoms with Crippen LogP contribution in [0.5, 0.6) is 0 Å². The van der Waals surface area contributed by atoms with E-state index in [1.165, 1.54) is 0 Å². The quantitative estimate of drug-likeness (QED) is 0.891. The molecule has 0 aliphatic carbocycles. The van der Waals surface area contributed by atoms with Gasteiger partial charge in [0.05, 0.1) is 0 Å². The number of anilines is 2. The smallest absolute Gasteiger partial charge is 0.241 e. The molecule has 0 spiro atoms. The number of imidazole rings is 1. The highest BCUT2D eigenvalue weighted by atomic mass is 15.3. The molecule has 0 radical (unpaired) electrons. The fraction of sp³-hybridized carbons (Fsp3) is 0.500. The summed E-state index contributed by atoms with van der Waals surface area (Å²) in [7, 11) is 1.95. The number of hydrogen-bond acceptors (Lipinski definition) is 6. The molecular formula is C12H19N7. The molecule has 0 aliphatic rings. The topological polar surface area (TPSA) is 85.8 Å². The molecule has 0 saturated heterocycles. The summed E-state index contributed by atoms with van der Waals surface area (Å²) in [6.07, 6.45) is 6.03. The molecule has 0 atom stereocenters. The number of nitrogen functional groups attached to an aromatic ring is 1. The zero-order chi connectivity index (χ0) is 14.0. The van der Waals surface area contributed by atoms with Crippen LogP contribution in [0.15, 0.2) is 18.7 Å². The molecule has 0 fully saturated rings. The van der Waals surface area contributed by atoms with Gasteiger partial charge in [-0.1, -0.05) is 6.92 Å². The molecule has 2 aromatic heterocycles. The van der Waals surface area contributed by atoms with Crippen LogP contribution >= 0.6 is 0 Å². The Morgan fingerprint density at radius 3 is 2.63 bits per heavy atom. The van der Waals surface area contributed by atoms with Gasteiger partial charge in [-0.05, 0) is 20.3 Å². The normalized spacial score (nSPS) is 11.6. The molecule has 19 heavy (non-hydrogen) atoms. The van der Waals surface area contributed by atoms with Crippen molar-refractivity contribution < 1.29 is 0 Å². The molecule has 0 bridgehead atoms. The molecule has 2 N–H and O–H groups in total. The average molecular weight is 261 g/mol. The van der Waals surface area contributed by atoms with Crippen molar-refractivity contribution in [2.45, 2.75) is 32.7 Å². The molecule has 0 aliphatic heterocycles. The van der Waals surface area contributed by atoms with E-state index in [1.807, 2.05) is 11.9 Å². The van der Waals surface area contributed by atoms with Crippen LogP contribution in [0.2, 0.25) is 0 Å². The van der Waals surface area contributed by atoms with Gasteiger partial charge >= 0.3 is 0 Å². The van der Waals surface area contributed by atoms with Gasteiger partial charge in [-0.15, -0.1) is 0 Å². The van der Waals surface area contributed by atoms with Crippen molar-refractivity contribution in [2.24, 2.45) is 0 Å². The van der Waals surface area contributed by atoms with E-state index in [4.69, 9.17) is 5.73 Å². The molecule has 0 unspecified atom stereocenters. The van der Waals surface area contributed by atoms with Crippen LogP contribution in [0.3, 0.4) is 0 Å². The van der Waals surface area contributed by atoms with E-state index in [9.17, 15) is 0 Å². The largest absolute Gasteiger partial charge is 0.368 e. The molecule has 102 valence electrons. The zero-order valence-electron chi connectivity index (χ0n) is 11.7. The van der Waals surface area contributed by atoms with E-state index in [1.54, 1.807) is 23.3 Å². The minimum atomic E-state index is -0.0556. The van der Waals surface area contributed by atoms with Gasteiger partial charge in [0.15, 0.2) is 0 Å². The standard InChI is InChI=1S/C12H19N7/c1-5-12(2,3)18(4)10-15-9(13)16-11(17-10)19-7-6-14-8-19/h6-8H,5H2,1-4H3,(H2,13,15,16,17). The van der Waals surface area contributed by atoms with Crippen LogP contribution in [-0.4, -0.2) is 37.1 Å². The number of hydrogen-bond donors (Lipinski definition) is 1. The predicted molar refractivity (Wildman–Crippen MR) is 74.1 cm³/mol. The first kappa shape index (κ1) is 13.3. The third-order valence-electron chi connectivity index (χ3n) is 3.44. The molecule has 2 heterocycles. The fourth-order valence-corrected chi connectivity index (χ4v) is 1.52. The third-order valence-corrected chi connectivity index (χ3v) is 3.44. The highest BCUT2D eigenvalue weighted by molar-refractivity contribution is 5.39. The van der Waals surface area contributed by atoms with Gasteiger partial charge in [-0.25, -0.2) is 4.98 Å². The number of rotatable bonds is 4. The lowest BCUT2D eigenvalue weighted by atomic mass is 10.0. The average Bonchev–Trinajstić information content (AvgIpc) is 2.91. The van der Waals surface area contributed by atoms with Crippen molar-refractivity contribution in [3.05, 3.63) is 18.7 Å². The second-order valence-electron chi connectivity index (χ2n) is 4.99. The van der Waals surface area contributed by atoms with Crippen molar-refractivity contribution in [1.82, 2.24) is 24.5 Å². The molecule has 0 saturated carbocycles. The molecule has 7 nitrogen and oxygen atoms in total. The Labute approximate surface area is 112 Å². The van der Waals surface area contributed by atoms with Crippen LogP contribution in [0.4, 0.5) is 11.9 Å². The number of nitrogens with two attached hydrogens (primary N) is 1.